The zero-order valence-electron chi connectivity index (χ0n) is 5.51. The summed E-state index contributed by atoms with van der Waals surface area (Å²) < 4.78 is 0. The van der Waals surface area contributed by atoms with E-state index in [4.69, 9.17) is 10.8 Å². The normalized spacial score (nSPS) is 32.7. The number of aliphatic hydroxyl groups is 1. The average molecular weight is 130 g/mol. The molecule has 1 rings (SSSR count). The Morgan fingerprint density at radius 1 is 1.67 bits per heavy atom. The Kier molecular flexibility index (Phi) is 2.45. The van der Waals surface area contributed by atoms with Crippen LogP contribution in [0.4, 0.5) is 0 Å². The second kappa shape index (κ2) is 3.15. The molecule has 0 bridgehead atoms. The minimum Gasteiger partial charge on any atom is -0.396 e. The van der Waals surface area contributed by atoms with Gasteiger partial charge in [-0.2, -0.15) is 0 Å². The predicted molar refractivity (Wildman–Crippen MR) is 36.1 cm³/mol. The summed E-state index contributed by atoms with van der Waals surface area (Å²) >= 11 is 0. The molecule has 0 amide bonds. The fraction of sp³-hybridized carbons (Fsp3) is 1.00. The Hall–Kier alpha value is -0.120. The molecule has 0 saturated heterocycles. The minimum atomic E-state index is 0.273. The number of rotatable bonds is 4. The third-order valence-electron chi connectivity index (χ3n) is 1.58. The molecule has 0 aromatic rings. The van der Waals surface area contributed by atoms with Gasteiger partial charge < -0.3 is 16.2 Å². The number of nitrogens with one attached hydrogen (secondary N) is 1. The minimum absolute atomic E-state index is 0.273. The molecule has 1 fully saturated rings. The Morgan fingerprint density at radius 2 is 2.33 bits per heavy atom. The average Bonchev–Trinajstić information content (AvgIpc) is 2.48. The van der Waals surface area contributed by atoms with Gasteiger partial charge in [0.15, 0.2) is 0 Å². The van der Waals surface area contributed by atoms with Crippen molar-refractivity contribution in [2.75, 3.05) is 13.2 Å². The van der Waals surface area contributed by atoms with E-state index in [1.165, 1.54) is 0 Å². The topological polar surface area (TPSA) is 58.3 Å². The first-order valence-corrected chi connectivity index (χ1v) is 3.44. The lowest BCUT2D eigenvalue weighted by Gasteiger charge is -1.98. The summed E-state index contributed by atoms with van der Waals surface area (Å²) in [6, 6.07) is 0.917. The lowest BCUT2D eigenvalue weighted by Crippen LogP contribution is -2.24. The third kappa shape index (κ3) is 2.30. The van der Waals surface area contributed by atoms with Gasteiger partial charge in [0.05, 0.1) is 0 Å². The van der Waals surface area contributed by atoms with Gasteiger partial charge >= 0.3 is 0 Å². The molecule has 54 valence electrons. The summed E-state index contributed by atoms with van der Waals surface area (Å²) in [5.41, 5.74) is 5.52. The van der Waals surface area contributed by atoms with Crippen LogP contribution in [-0.4, -0.2) is 30.3 Å². The van der Waals surface area contributed by atoms with E-state index in [0.717, 1.165) is 19.4 Å². The van der Waals surface area contributed by atoms with Gasteiger partial charge in [0.1, 0.15) is 0 Å². The van der Waals surface area contributed by atoms with Crippen LogP contribution in [0.1, 0.15) is 12.8 Å². The van der Waals surface area contributed by atoms with Gasteiger partial charge in [0.25, 0.3) is 0 Å². The second-order valence-corrected chi connectivity index (χ2v) is 2.54. The lowest BCUT2D eigenvalue weighted by molar-refractivity contribution is 0.286. The Bertz CT molecular complexity index is 87.1. The molecule has 1 saturated carbocycles. The molecule has 0 aromatic carbocycles. The highest BCUT2D eigenvalue weighted by atomic mass is 16.3. The van der Waals surface area contributed by atoms with Crippen molar-refractivity contribution in [3.8, 4) is 0 Å². The first kappa shape index (κ1) is 6.99. The molecule has 0 radical (unpaired) electrons. The molecule has 0 aromatic heterocycles. The maximum Gasteiger partial charge on any atom is 0.0443 e. The van der Waals surface area contributed by atoms with Crippen LogP contribution >= 0.6 is 0 Å². The van der Waals surface area contributed by atoms with Crippen molar-refractivity contribution >= 4 is 0 Å². The van der Waals surface area contributed by atoms with Crippen molar-refractivity contribution in [2.24, 2.45) is 5.73 Å². The van der Waals surface area contributed by atoms with Crippen LogP contribution in [0.25, 0.3) is 0 Å². The van der Waals surface area contributed by atoms with Gasteiger partial charge in [0.2, 0.25) is 0 Å². The molecule has 3 heteroatoms. The number of aliphatic hydroxyl groups excluding tert-OH is 1. The Balaban J connectivity index is 1.83. The molecular formula is C6H14N2O. The fourth-order valence-corrected chi connectivity index (χ4v) is 0.816. The summed E-state index contributed by atoms with van der Waals surface area (Å²) in [7, 11) is 0. The first-order chi connectivity index (χ1) is 4.34. The van der Waals surface area contributed by atoms with E-state index in [2.05, 4.69) is 5.32 Å². The van der Waals surface area contributed by atoms with E-state index in [-0.39, 0.29) is 6.61 Å². The van der Waals surface area contributed by atoms with Gasteiger partial charge in [-0.25, -0.2) is 0 Å². The zero-order chi connectivity index (χ0) is 6.69. The molecule has 0 aliphatic heterocycles. The molecule has 2 atom stereocenters. The van der Waals surface area contributed by atoms with E-state index in [9.17, 15) is 0 Å². The van der Waals surface area contributed by atoms with Crippen molar-refractivity contribution in [2.45, 2.75) is 24.9 Å². The van der Waals surface area contributed by atoms with Crippen LogP contribution in [0.2, 0.25) is 0 Å². The zero-order valence-corrected chi connectivity index (χ0v) is 5.51. The molecule has 0 heterocycles. The molecular weight excluding hydrogens is 116 g/mol. The second-order valence-electron chi connectivity index (χ2n) is 2.54. The summed E-state index contributed by atoms with van der Waals surface area (Å²) in [4.78, 5) is 0. The largest absolute Gasteiger partial charge is 0.396 e. The van der Waals surface area contributed by atoms with Gasteiger partial charge in [-0.05, 0) is 19.4 Å². The molecule has 4 N–H and O–H groups in total. The van der Waals surface area contributed by atoms with Crippen LogP contribution in [0.5, 0.6) is 0 Å². The maximum absolute atomic E-state index is 8.39. The van der Waals surface area contributed by atoms with E-state index >= 15 is 0 Å². The lowest BCUT2D eigenvalue weighted by atomic mass is 10.4. The van der Waals surface area contributed by atoms with Gasteiger partial charge in [-0.15, -0.1) is 0 Å². The quantitative estimate of drug-likeness (QED) is 0.430. The molecule has 2 unspecified atom stereocenters. The van der Waals surface area contributed by atoms with Crippen LogP contribution in [-0.2, 0) is 0 Å². The fourth-order valence-electron chi connectivity index (χ4n) is 0.816. The smallest absolute Gasteiger partial charge is 0.0443 e. The van der Waals surface area contributed by atoms with Crippen LogP contribution in [0, 0.1) is 0 Å². The van der Waals surface area contributed by atoms with E-state index in [1.807, 2.05) is 0 Å². The van der Waals surface area contributed by atoms with Gasteiger partial charge in [0, 0.05) is 18.7 Å². The predicted octanol–water partition coefficient (Wildman–Crippen LogP) is -0.942. The van der Waals surface area contributed by atoms with E-state index in [1.54, 1.807) is 0 Å². The van der Waals surface area contributed by atoms with Crippen molar-refractivity contribution in [1.29, 1.82) is 0 Å². The third-order valence-corrected chi connectivity index (χ3v) is 1.58. The molecule has 9 heavy (non-hydrogen) atoms. The number of hydrogen-bond acceptors (Lipinski definition) is 3. The monoisotopic (exact) mass is 130 g/mol. The highest BCUT2D eigenvalue weighted by Gasteiger charge is 2.32. The highest BCUT2D eigenvalue weighted by Crippen LogP contribution is 2.17. The van der Waals surface area contributed by atoms with Crippen molar-refractivity contribution in [3.05, 3.63) is 0 Å². The van der Waals surface area contributed by atoms with E-state index < -0.39 is 0 Å². The highest BCUT2D eigenvalue weighted by molar-refractivity contribution is 4.96. The summed E-state index contributed by atoms with van der Waals surface area (Å²) in [5.74, 6) is 0. The number of hydrogen-bond donors (Lipinski definition) is 3. The van der Waals surface area contributed by atoms with E-state index in [0.29, 0.717) is 12.1 Å². The number of nitrogens with two attached hydrogens (primary N) is 1. The van der Waals surface area contributed by atoms with Crippen LogP contribution in [0.3, 0.4) is 0 Å². The SMILES string of the molecule is NC1CC1NCCCO. The first-order valence-electron chi connectivity index (χ1n) is 3.44. The van der Waals surface area contributed by atoms with Crippen molar-refractivity contribution in [1.82, 2.24) is 5.32 Å². The van der Waals surface area contributed by atoms with Crippen molar-refractivity contribution < 1.29 is 5.11 Å². The van der Waals surface area contributed by atoms with Gasteiger partial charge in [-0.3, -0.25) is 0 Å². The maximum atomic E-state index is 8.39. The van der Waals surface area contributed by atoms with Crippen molar-refractivity contribution in [3.63, 3.8) is 0 Å². The summed E-state index contributed by atoms with van der Waals surface area (Å²) in [5, 5.41) is 11.6. The standard InChI is InChI=1S/C6H14N2O/c7-5-4-6(5)8-2-1-3-9/h5-6,8-9H,1-4,7H2. The molecule has 0 spiro atoms. The van der Waals surface area contributed by atoms with Crippen LogP contribution in [0.15, 0.2) is 0 Å². The molecule has 1 aliphatic carbocycles. The Labute approximate surface area is 55.2 Å². The molecule has 1 aliphatic rings. The summed E-state index contributed by atoms with van der Waals surface area (Å²) in [6.07, 6.45) is 1.94. The van der Waals surface area contributed by atoms with Crippen LogP contribution < -0.4 is 11.1 Å². The summed E-state index contributed by atoms with van der Waals surface area (Å²) in [6.45, 7) is 1.17. The van der Waals surface area contributed by atoms with Gasteiger partial charge in [-0.1, -0.05) is 0 Å². The molecule has 3 nitrogen and oxygen atoms in total. The Morgan fingerprint density at radius 3 is 2.78 bits per heavy atom.